The molecule has 1 amide bonds. The van der Waals surface area contributed by atoms with E-state index in [9.17, 15) is 4.79 Å². The third kappa shape index (κ3) is 2.17. The molecule has 1 aliphatic heterocycles. The predicted octanol–water partition coefficient (Wildman–Crippen LogP) is 2.35. The van der Waals surface area contributed by atoms with Crippen molar-refractivity contribution in [3.8, 4) is 11.8 Å². The number of carbonyl (C=O) groups is 1. The van der Waals surface area contributed by atoms with Crippen LogP contribution in [0.1, 0.15) is 20.3 Å². The molecule has 4 heteroatoms. The second-order valence-electron chi connectivity index (χ2n) is 4.37. The number of hydrogen-bond acceptors (Lipinski definition) is 3. The van der Waals surface area contributed by atoms with Crippen LogP contribution >= 0.6 is 0 Å². The fourth-order valence-electron chi connectivity index (χ4n) is 2.27. The molecule has 2 atom stereocenters. The third-order valence-electron chi connectivity index (χ3n) is 3.24. The largest absolute Gasteiger partial charge is 0.494 e. The van der Waals surface area contributed by atoms with Crippen molar-refractivity contribution in [1.29, 1.82) is 5.26 Å². The number of ether oxygens (including phenoxy) is 1. The lowest BCUT2D eigenvalue weighted by molar-refractivity contribution is -0.117. The van der Waals surface area contributed by atoms with Crippen LogP contribution in [0.15, 0.2) is 24.3 Å². The molecule has 1 fully saturated rings. The molecule has 0 aromatic heterocycles. The van der Waals surface area contributed by atoms with E-state index in [2.05, 4.69) is 6.07 Å². The number of amides is 1. The fourth-order valence-corrected chi connectivity index (χ4v) is 2.27. The number of nitriles is 1. The van der Waals surface area contributed by atoms with Crippen molar-refractivity contribution in [3.05, 3.63) is 24.3 Å². The van der Waals surface area contributed by atoms with E-state index in [0.717, 1.165) is 11.4 Å². The number of anilines is 1. The Kier molecular flexibility index (Phi) is 3.52. The van der Waals surface area contributed by atoms with Crippen LogP contribution in [-0.4, -0.2) is 18.6 Å². The minimum absolute atomic E-state index is 0.0122. The van der Waals surface area contributed by atoms with Crippen molar-refractivity contribution in [1.82, 2.24) is 0 Å². The van der Waals surface area contributed by atoms with E-state index in [1.165, 1.54) is 0 Å². The van der Waals surface area contributed by atoms with Crippen molar-refractivity contribution in [2.24, 2.45) is 5.92 Å². The van der Waals surface area contributed by atoms with E-state index in [1.54, 1.807) is 4.90 Å². The molecule has 1 aromatic rings. The summed E-state index contributed by atoms with van der Waals surface area (Å²) in [6, 6.07) is 9.53. The van der Waals surface area contributed by atoms with Crippen molar-refractivity contribution in [3.63, 3.8) is 0 Å². The van der Waals surface area contributed by atoms with Gasteiger partial charge in [-0.3, -0.25) is 4.79 Å². The standard InChI is InChI=1S/C14H16N2O2/c1-3-18-13-6-4-12(5-7-13)16-10(2)11(9-15)8-14(16)17/h4-7,10-11H,3,8H2,1-2H3. The normalized spacial score (nSPS) is 22.9. The Morgan fingerprint density at radius 2 is 2.11 bits per heavy atom. The molecule has 1 aliphatic rings. The Morgan fingerprint density at radius 1 is 1.44 bits per heavy atom. The first-order chi connectivity index (χ1) is 8.67. The summed E-state index contributed by atoms with van der Waals surface area (Å²) < 4.78 is 5.36. The van der Waals surface area contributed by atoms with Gasteiger partial charge in [-0.15, -0.1) is 0 Å². The lowest BCUT2D eigenvalue weighted by Gasteiger charge is -2.22. The van der Waals surface area contributed by atoms with Gasteiger partial charge >= 0.3 is 0 Å². The number of benzene rings is 1. The highest BCUT2D eigenvalue weighted by atomic mass is 16.5. The molecule has 94 valence electrons. The molecule has 0 bridgehead atoms. The molecule has 0 saturated carbocycles. The molecule has 1 aromatic carbocycles. The molecule has 1 saturated heterocycles. The molecular weight excluding hydrogens is 228 g/mol. The van der Waals surface area contributed by atoms with Crippen LogP contribution in [0.25, 0.3) is 0 Å². The molecule has 18 heavy (non-hydrogen) atoms. The van der Waals surface area contributed by atoms with E-state index in [-0.39, 0.29) is 17.9 Å². The molecule has 2 unspecified atom stereocenters. The summed E-state index contributed by atoms with van der Waals surface area (Å²) in [6.07, 6.45) is 0.310. The van der Waals surface area contributed by atoms with E-state index in [4.69, 9.17) is 10.00 Å². The summed E-state index contributed by atoms with van der Waals surface area (Å²) in [5, 5.41) is 8.98. The van der Waals surface area contributed by atoms with Crippen LogP contribution in [0, 0.1) is 17.2 Å². The third-order valence-corrected chi connectivity index (χ3v) is 3.24. The zero-order valence-electron chi connectivity index (χ0n) is 10.6. The van der Waals surface area contributed by atoms with Crippen LogP contribution < -0.4 is 9.64 Å². The van der Waals surface area contributed by atoms with Crippen LogP contribution in [0.4, 0.5) is 5.69 Å². The summed E-state index contributed by atoms with van der Waals surface area (Å²) in [4.78, 5) is 13.6. The summed E-state index contributed by atoms with van der Waals surface area (Å²) >= 11 is 0. The van der Waals surface area contributed by atoms with E-state index >= 15 is 0 Å². The van der Waals surface area contributed by atoms with Gasteiger partial charge < -0.3 is 9.64 Å². The Balaban J connectivity index is 2.21. The number of rotatable bonds is 3. The molecule has 2 rings (SSSR count). The van der Waals surface area contributed by atoms with Crippen molar-refractivity contribution in [2.75, 3.05) is 11.5 Å². The van der Waals surface area contributed by atoms with Crippen LogP contribution in [-0.2, 0) is 4.79 Å². The Bertz CT molecular complexity index is 476. The van der Waals surface area contributed by atoms with Gasteiger partial charge in [-0.05, 0) is 38.1 Å². The predicted molar refractivity (Wildman–Crippen MR) is 68.3 cm³/mol. The van der Waals surface area contributed by atoms with Gasteiger partial charge in [0.2, 0.25) is 5.91 Å². The zero-order chi connectivity index (χ0) is 13.1. The van der Waals surface area contributed by atoms with Crippen molar-refractivity contribution < 1.29 is 9.53 Å². The minimum atomic E-state index is -0.218. The van der Waals surface area contributed by atoms with Crippen molar-refractivity contribution in [2.45, 2.75) is 26.3 Å². The number of nitrogens with zero attached hydrogens (tertiary/aromatic N) is 2. The Hall–Kier alpha value is -2.02. The summed E-state index contributed by atoms with van der Waals surface area (Å²) in [5.74, 6) is 0.583. The maximum atomic E-state index is 11.9. The quantitative estimate of drug-likeness (QED) is 0.820. The maximum Gasteiger partial charge on any atom is 0.228 e. The van der Waals surface area contributed by atoms with Gasteiger partial charge in [0, 0.05) is 12.1 Å². The van der Waals surface area contributed by atoms with Crippen LogP contribution in [0.3, 0.4) is 0 Å². The zero-order valence-corrected chi connectivity index (χ0v) is 10.6. The smallest absolute Gasteiger partial charge is 0.228 e. The van der Waals surface area contributed by atoms with Gasteiger partial charge in [-0.25, -0.2) is 0 Å². The van der Waals surface area contributed by atoms with Gasteiger partial charge in [0.25, 0.3) is 0 Å². The van der Waals surface area contributed by atoms with E-state index in [1.807, 2.05) is 38.1 Å². The number of hydrogen-bond donors (Lipinski definition) is 0. The molecule has 1 heterocycles. The first-order valence-electron chi connectivity index (χ1n) is 6.12. The van der Waals surface area contributed by atoms with Crippen LogP contribution in [0.2, 0.25) is 0 Å². The second-order valence-corrected chi connectivity index (χ2v) is 4.37. The molecule has 0 N–H and O–H groups in total. The Labute approximate surface area is 107 Å². The highest BCUT2D eigenvalue weighted by molar-refractivity contribution is 5.96. The topological polar surface area (TPSA) is 53.3 Å². The Morgan fingerprint density at radius 3 is 2.61 bits per heavy atom. The lowest BCUT2D eigenvalue weighted by Crippen LogP contribution is -2.32. The summed E-state index contributed by atoms with van der Waals surface area (Å²) in [6.45, 7) is 4.46. The van der Waals surface area contributed by atoms with Gasteiger partial charge in [0.05, 0.1) is 24.6 Å². The molecule has 0 aliphatic carbocycles. The van der Waals surface area contributed by atoms with Crippen molar-refractivity contribution >= 4 is 11.6 Å². The lowest BCUT2D eigenvalue weighted by atomic mass is 10.0. The second kappa shape index (κ2) is 5.09. The number of carbonyl (C=O) groups excluding carboxylic acids is 1. The fraction of sp³-hybridized carbons (Fsp3) is 0.429. The van der Waals surface area contributed by atoms with Gasteiger partial charge in [-0.1, -0.05) is 0 Å². The van der Waals surface area contributed by atoms with E-state index < -0.39 is 0 Å². The molecule has 0 spiro atoms. The summed E-state index contributed by atoms with van der Waals surface area (Å²) in [5.41, 5.74) is 0.828. The monoisotopic (exact) mass is 244 g/mol. The van der Waals surface area contributed by atoms with Crippen LogP contribution in [0.5, 0.6) is 5.75 Å². The maximum absolute atomic E-state index is 11.9. The van der Waals surface area contributed by atoms with Gasteiger partial charge in [0.1, 0.15) is 5.75 Å². The average Bonchev–Trinajstić information content (AvgIpc) is 2.66. The highest BCUT2D eigenvalue weighted by Gasteiger charge is 2.37. The SMILES string of the molecule is CCOc1ccc(N2C(=O)CC(C#N)C2C)cc1. The molecule has 0 radical (unpaired) electrons. The summed E-state index contributed by atoms with van der Waals surface area (Å²) in [7, 11) is 0. The highest BCUT2D eigenvalue weighted by Crippen LogP contribution is 2.31. The average molecular weight is 244 g/mol. The van der Waals surface area contributed by atoms with Gasteiger partial charge in [0.15, 0.2) is 0 Å². The van der Waals surface area contributed by atoms with E-state index in [0.29, 0.717) is 13.0 Å². The minimum Gasteiger partial charge on any atom is -0.494 e. The molecular formula is C14H16N2O2. The molecule has 4 nitrogen and oxygen atoms in total. The first-order valence-corrected chi connectivity index (χ1v) is 6.12. The van der Waals surface area contributed by atoms with Gasteiger partial charge in [-0.2, -0.15) is 5.26 Å². The first kappa shape index (κ1) is 12.4.